The van der Waals surface area contributed by atoms with Crippen molar-refractivity contribution in [2.75, 3.05) is 13.2 Å². The first-order chi connectivity index (χ1) is 14.5. The van der Waals surface area contributed by atoms with Crippen LogP contribution >= 0.6 is 0 Å². The van der Waals surface area contributed by atoms with E-state index in [1.54, 1.807) is 30.3 Å². The zero-order valence-corrected chi connectivity index (χ0v) is 16.3. The average Bonchev–Trinajstić information content (AvgIpc) is 2.76. The summed E-state index contributed by atoms with van der Waals surface area (Å²) in [5, 5.41) is 7.03. The first-order valence-electron chi connectivity index (χ1n) is 9.24. The maximum Gasteiger partial charge on any atom is 0.329 e. The SMILES string of the molecule is C=CCNC(=O)NC(=O)COC(=O)C(Cc1ccccc1)NC(=O)c1ccccc1. The van der Waals surface area contributed by atoms with Crippen molar-refractivity contribution < 1.29 is 23.9 Å². The highest BCUT2D eigenvalue weighted by Crippen LogP contribution is 2.07. The molecule has 2 rings (SSSR count). The summed E-state index contributed by atoms with van der Waals surface area (Å²) in [5.74, 6) is -2.02. The maximum atomic E-state index is 12.5. The minimum atomic E-state index is -1.01. The highest BCUT2D eigenvalue weighted by atomic mass is 16.5. The molecule has 2 aromatic rings. The molecule has 0 saturated carbocycles. The lowest BCUT2D eigenvalue weighted by atomic mass is 10.1. The molecule has 2 aromatic carbocycles. The van der Waals surface area contributed by atoms with Crippen molar-refractivity contribution in [3.8, 4) is 0 Å². The van der Waals surface area contributed by atoms with Gasteiger partial charge in [0.1, 0.15) is 6.04 Å². The number of benzene rings is 2. The van der Waals surface area contributed by atoms with Crippen LogP contribution in [0.4, 0.5) is 4.79 Å². The summed E-state index contributed by atoms with van der Waals surface area (Å²) in [4.78, 5) is 48.2. The van der Waals surface area contributed by atoms with Crippen LogP contribution in [0.25, 0.3) is 0 Å². The van der Waals surface area contributed by atoms with Crippen molar-refractivity contribution in [2.45, 2.75) is 12.5 Å². The molecule has 0 saturated heterocycles. The highest BCUT2D eigenvalue weighted by Gasteiger charge is 2.24. The molecule has 0 heterocycles. The van der Waals surface area contributed by atoms with E-state index in [1.807, 2.05) is 35.6 Å². The van der Waals surface area contributed by atoms with E-state index in [4.69, 9.17) is 4.74 Å². The van der Waals surface area contributed by atoms with E-state index in [0.29, 0.717) is 5.56 Å². The van der Waals surface area contributed by atoms with Crippen molar-refractivity contribution in [3.63, 3.8) is 0 Å². The van der Waals surface area contributed by atoms with E-state index < -0.39 is 36.5 Å². The van der Waals surface area contributed by atoms with Gasteiger partial charge in [-0.05, 0) is 17.7 Å². The molecule has 0 aliphatic rings. The molecule has 0 aliphatic heterocycles. The van der Waals surface area contributed by atoms with Gasteiger partial charge in [-0.1, -0.05) is 54.6 Å². The zero-order chi connectivity index (χ0) is 21.8. The molecule has 1 atom stereocenters. The predicted octanol–water partition coefficient (Wildman–Crippen LogP) is 1.58. The van der Waals surface area contributed by atoms with Crippen molar-refractivity contribution in [1.29, 1.82) is 0 Å². The first kappa shape index (κ1) is 22.4. The Bertz CT molecular complexity index is 884. The molecule has 1 unspecified atom stereocenters. The van der Waals surface area contributed by atoms with Gasteiger partial charge in [-0.3, -0.25) is 14.9 Å². The molecule has 0 aliphatic carbocycles. The lowest BCUT2D eigenvalue weighted by molar-refractivity contribution is -0.150. The van der Waals surface area contributed by atoms with Gasteiger partial charge in [0.2, 0.25) is 0 Å². The van der Waals surface area contributed by atoms with Crippen molar-refractivity contribution in [3.05, 3.63) is 84.4 Å². The molecule has 156 valence electrons. The third kappa shape index (κ3) is 7.59. The van der Waals surface area contributed by atoms with Crippen LogP contribution in [0.2, 0.25) is 0 Å². The van der Waals surface area contributed by atoms with Gasteiger partial charge in [0.05, 0.1) is 0 Å². The smallest absolute Gasteiger partial charge is 0.329 e. The van der Waals surface area contributed by atoms with Crippen LogP contribution < -0.4 is 16.0 Å². The molecule has 0 aromatic heterocycles. The van der Waals surface area contributed by atoms with Crippen LogP contribution in [0.3, 0.4) is 0 Å². The van der Waals surface area contributed by atoms with Gasteiger partial charge in [0.15, 0.2) is 6.61 Å². The summed E-state index contributed by atoms with van der Waals surface area (Å²) in [5.41, 5.74) is 1.20. The van der Waals surface area contributed by atoms with Crippen molar-refractivity contribution in [2.24, 2.45) is 0 Å². The summed E-state index contributed by atoms with van der Waals surface area (Å²) in [7, 11) is 0. The lowest BCUT2D eigenvalue weighted by Crippen LogP contribution is -2.45. The summed E-state index contributed by atoms with van der Waals surface area (Å²) in [6.45, 7) is 2.96. The van der Waals surface area contributed by atoms with E-state index in [9.17, 15) is 19.2 Å². The molecule has 0 fully saturated rings. The van der Waals surface area contributed by atoms with Crippen molar-refractivity contribution in [1.82, 2.24) is 16.0 Å². The number of hydrogen-bond donors (Lipinski definition) is 3. The number of rotatable bonds is 9. The highest BCUT2D eigenvalue weighted by molar-refractivity contribution is 5.98. The van der Waals surface area contributed by atoms with Crippen molar-refractivity contribution >= 4 is 23.8 Å². The molecular weight excluding hydrogens is 386 g/mol. The predicted molar refractivity (Wildman–Crippen MR) is 111 cm³/mol. The summed E-state index contributed by atoms with van der Waals surface area (Å²) in [6, 6.07) is 15.8. The molecule has 0 bridgehead atoms. The molecular formula is C22H23N3O5. The van der Waals surface area contributed by atoms with Crippen LogP contribution in [-0.4, -0.2) is 43.0 Å². The van der Waals surface area contributed by atoms with Crippen LogP contribution in [0, 0.1) is 0 Å². The average molecular weight is 409 g/mol. The Morgan fingerprint density at radius 3 is 2.23 bits per heavy atom. The van der Waals surface area contributed by atoms with Gasteiger partial charge in [-0.25, -0.2) is 9.59 Å². The molecule has 3 N–H and O–H groups in total. The van der Waals surface area contributed by atoms with Crippen LogP contribution in [0.1, 0.15) is 15.9 Å². The Kier molecular flexibility index (Phi) is 8.79. The topological polar surface area (TPSA) is 114 Å². The second-order valence-electron chi connectivity index (χ2n) is 6.24. The Labute approximate surface area is 174 Å². The number of hydrogen-bond acceptors (Lipinski definition) is 5. The van der Waals surface area contributed by atoms with Gasteiger partial charge in [-0.2, -0.15) is 0 Å². The number of imide groups is 1. The van der Waals surface area contributed by atoms with Gasteiger partial charge >= 0.3 is 12.0 Å². The zero-order valence-electron chi connectivity index (χ0n) is 16.3. The Morgan fingerprint density at radius 1 is 0.967 bits per heavy atom. The molecule has 4 amide bonds. The number of urea groups is 1. The number of esters is 1. The Hall–Kier alpha value is -3.94. The summed E-state index contributed by atoms with van der Waals surface area (Å²) < 4.78 is 5.01. The van der Waals surface area contributed by atoms with E-state index in [2.05, 4.69) is 17.2 Å². The van der Waals surface area contributed by atoms with Crippen LogP contribution in [0.5, 0.6) is 0 Å². The summed E-state index contributed by atoms with van der Waals surface area (Å²) in [6.07, 6.45) is 1.63. The standard InChI is InChI=1S/C22H23N3O5/c1-2-13-23-22(29)25-19(26)15-30-21(28)18(14-16-9-5-3-6-10-16)24-20(27)17-11-7-4-8-12-17/h2-12,18H,1,13-15H2,(H,24,27)(H2,23,25,26,29). The second-order valence-corrected chi connectivity index (χ2v) is 6.24. The lowest BCUT2D eigenvalue weighted by Gasteiger charge is -2.18. The second kappa shape index (κ2) is 11.8. The number of nitrogens with one attached hydrogen (secondary N) is 3. The largest absolute Gasteiger partial charge is 0.454 e. The van der Waals surface area contributed by atoms with Gasteiger partial charge in [0.25, 0.3) is 11.8 Å². The van der Waals surface area contributed by atoms with E-state index in [-0.39, 0.29) is 13.0 Å². The fourth-order valence-electron chi connectivity index (χ4n) is 2.48. The van der Waals surface area contributed by atoms with E-state index in [1.165, 1.54) is 6.08 Å². The van der Waals surface area contributed by atoms with Gasteiger partial charge in [-0.15, -0.1) is 6.58 Å². The van der Waals surface area contributed by atoms with E-state index >= 15 is 0 Å². The van der Waals surface area contributed by atoms with Gasteiger partial charge in [0, 0.05) is 18.5 Å². The molecule has 8 heteroatoms. The third-order valence-corrected chi connectivity index (χ3v) is 3.91. The fourth-order valence-corrected chi connectivity index (χ4v) is 2.48. The van der Waals surface area contributed by atoms with E-state index in [0.717, 1.165) is 5.56 Å². The number of amides is 4. The fraction of sp³-hybridized carbons (Fsp3) is 0.182. The van der Waals surface area contributed by atoms with Gasteiger partial charge < -0.3 is 15.4 Å². The Morgan fingerprint density at radius 2 is 1.60 bits per heavy atom. The quantitative estimate of drug-likeness (QED) is 0.430. The normalized spacial score (nSPS) is 10.9. The molecule has 0 spiro atoms. The first-order valence-corrected chi connectivity index (χ1v) is 9.24. The number of carbonyl (C=O) groups is 4. The minimum Gasteiger partial charge on any atom is -0.454 e. The molecule has 30 heavy (non-hydrogen) atoms. The van der Waals surface area contributed by atoms with Crippen LogP contribution in [-0.2, 0) is 20.7 Å². The number of carbonyl (C=O) groups excluding carboxylic acids is 4. The molecule has 0 radical (unpaired) electrons. The monoisotopic (exact) mass is 409 g/mol. The Balaban J connectivity index is 1.99. The maximum absolute atomic E-state index is 12.5. The molecule has 8 nitrogen and oxygen atoms in total. The summed E-state index contributed by atoms with van der Waals surface area (Å²) >= 11 is 0. The number of ether oxygens (including phenoxy) is 1. The van der Waals surface area contributed by atoms with Crippen LogP contribution in [0.15, 0.2) is 73.3 Å². The third-order valence-electron chi connectivity index (χ3n) is 3.91. The minimum absolute atomic E-state index is 0.180.